The van der Waals surface area contributed by atoms with Gasteiger partial charge in [0.15, 0.2) is 5.96 Å². The molecular formula is C19H33IN4O3S. The SMILES string of the molecule is CCNC(=NCCC(=O)N(C)Cc1ccccc1)NC(C)CCS(C)(=O)=O.I. The van der Waals surface area contributed by atoms with Gasteiger partial charge in [0.25, 0.3) is 0 Å². The summed E-state index contributed by atoms with van der Waals surface area (Å²) in [4.78, 5) is 18.4. The molecule has 28 heavy (non-hydrogen) atoms. The number of hydrogen-bond acceptors (Lipinski definition) is 4. The van der Waals surface area contributed by atoms with Crippen LogP contribution in [0.25, 0.3) is 0 Å². The molecule has 0 aromatic heterocycles. The lowest BCUT2D eigenvalue weighted by Crippen LogP contribution is -2.43. The van der Waals surface area contributed by atoms with E-state index in [1.165, 1.54) is 6.26 Å². The molecule has 1 unspecified atom stereocenters. The summed E-state index contributed by atoms with van der Waals surface area (Å²) in [5.74, 6) is 0.754. The van der Waals surface area contributed by atoms with Gasteiger partial charge >= 0.3 is 0 Å². The Bertz CT molecular complexity index is 711. The summed E-state index contributed by atoms with van der Waals surface area (Å²) in [7, 11) is -1.19. The first kappa shape index (κ1) is 26.6. The molecule has 0 aliphatic carbocycles. The number of guanidine groups is 1. The van der Waals surface area contributed by atoms with E-state index in [1.54, 1.807) is 11.9 Å². The Labute approximate surface area is 186 Å². The molecule has 1 amide bonds. The van der Waals surface area contributed by atoms with Gasteiger partial charge in [-0.15, -0.1) is 24.0 Å². The van der Waals surface area contributed by atoms with Crippen LogP contribution in [0.4, 0.5) is 0 Å². The Morgan fingerprint density at radius 2 is 1.89 bits per heavy atom. The van der Waals surface area contributed by atoms with Crippen molar-refractivity contribution in [1.29, 1.82) is 0 Å². The predicted octanol–water partition coefficient (Wildman–Crippen LogP) is 2.03. The summed E-state index contributed by atoms with van der Waals surface area (Å²) >= 11 is 0. The Balaban J connectivity index is 0.00000729. The summed E-state index contributed by atoms with van der Waals surface area (Å²) in [6, 6.07) is 9.81. The number of nitrogens with one attached hydrogen (secondary N) is 2. The average Bonchev–Trinajstić information content (AvgIpc) is 2.60. The van der Waals surface area contributed by atoms with Crippen molar-refractivity contribution in [2.24, 2.45) is 4.99 Å². The summed E-state index contributed by atoms with van der Waals surface area (Å²) in [5, 5.41) is 6.30. The third kappa shape index (κ3) is 12.2. The number of nitrogens with zero attached hydrogens (tertiary/aromatic N) is 2. The minimum absolute atomic E-state index is 0. The van der Waals surface area contributed by atoms with Crippen LogP contribution in [0.5, 0.6) is 0 Å². The maximum absolute atomic E-state index is 12.3. The quantitative estimate of drug-likeness (QED) is 0.278. The molecule has 160 valence electrons. The first-order valence-corrected chi connectivity index (χ1v) is 11.3. The van der Waals surface area contributed by atoms with Gasteiger partial charge in [0, 0.05) is 38.9 Å². The van der Waals surface area contributed by atoms with E-state index in [4.69, 9.17) is 0 Å². The maximum atomic E-state index is 12.3. The van der Waals surface area contributed by atoms with E-state index in [0.717, 1.165) is 5.56 Å². The minimum Gasteiger partial charge on any atom is -0.357 e. The molecule has 0 radical (unpaired) electrons. The van der Waals surface area contributed by atoms with E-state index < -0.39 is 9.84 Å². The van der Waals surface area contributed by atoms with E-state index in [1.807, 2.05) is 44.2 Å². The zero-order valence-electron chi connectivity index (χ0n) is 17.1. The molecule has 0 fully saturated rings. The van der Waals surface area contributed by atoms with E-state index >= 15 is 0 Å². The van der Waals surface area contributed by atoms with Crippen LogP contribution < -0.4 is 10.6 Å². The standard InChI is InChI=1S/C19H32N4O3S.HI/c1-5-20-19(22-16(2)12-14-27(4,25)26)21-13-11-18(24)23(3)15-17-9-7-6-8-10-17;/h6-10,16H,5,11-15H2,1-4H3,(H2,20,21,22);1H. The summed E-state index contributed by atoms with van der Waals surface area (Å²) in [6.45, 7) is 5.50. The molecule has 9 heteroatoms. The number of carbonyl (C=O) groups excluding carboxylic acids is 1. The number of aliphatic imine (C=N–C) groups is 1. The van der Waals surface area contributed by atoms with Crippen LogP contribution in [0, 0.1) is 0 Å². The zero-order chi connectivity index (χ0) is 20.3. The van der Waals surface area contributed by atoms with Gasteiger partial charge < -0.3 is 15.5 Å². The van der Waals surface area contributed by atoms with Gasteiger partial charge in [-0.3, -0.25) is 9.79 Å². The smallest absolute Gasteiger partial charge is 0.224 e. The molecule has 2 N–H and O–H groups in total. The fraction of sp³-hybridized carbons (Fsp3) is 0.579. The first-order chi connectivity index (χ1) is 12.7. The monoisotopic (exact) mass is 524 g/mol. The molecular weight excluding hydrogens is 491 g/mol. The molecule has 0 aliphatic rings. The van der Waals surface area contributed by atoms with Gasteiger partial charge in [0.2, 0.25) is 5.91 Å². The predicted molar refractivity (Wildman–Crippen MR) is 126 cm³/mol. The van der Waals surface area contributed by atoms with Gasteiger partial charge in [-0.05, 0) is 25.8 Å². The van der Waals surface area contributed by atoms with Crippen molar-refractivity contribution in [2.75, 3.05) is 32.1 Å². The van der Waals surface area contributed by atoms with Crippen LogP contribution in [-0.2, 0) is 21.2 Å². The van der Waals surface area contributed by atoms with Crippen molar-refractivity contribution in [3.8, 4) is 0 Å². The Kier molecular flexibility index (Phi) is 13.1. The lowest BCUT2D eigenvalue weighted by Gasteiger charge is -2.18. The molecule has 1 atom stereocenters. The number of carbonyl (C=O) groups is 1. The normalized spacial score (nSPS) is 12.6. The topological polar surface area (TPSA) is 90.9 Å². The molecule has 0 bridgehead atoms. The number of amides is 1. The van der Waals surface area contributed by atoms with Crippen LogP contribution in [0.2, 0.25) is 0 Å². The molecule has 0 aliphatic heterocycles. The molecule has 1 aromatic carbocycles. The molecule has 0 heterocycles. The Morgan fingerprint density at radius 1 is 1.25 bits per heavy atom. The average molecular weight is 524 g/mol. The molecule has 7 nitrogen and oxygen atoms in total. The summed E-state index contributed by atoms with van der Waals surface area (Å²) in [6.07, 6.45) is 2.05. The van der Waals surface area contributed by atoms with Crippen molar-refractivity contribution in [3.05, 3.63) is 35.9 Å². The lowest BCUT2D eigenvalue weighted by molar-refractivity contribution is -0.130. The lowest BCUT2D eigenvalue weighted by atomic mass is 10.2. The van der Waals surface area contributed by atoms with Crippen molar-refractivity contribution in [3.63, 3.8) is 0 Å². The second-order valence-electron chi connectivity index (χ2n) is 6.71. The highest BCUT2D eigenvalue weighted by Gasteiger charge is 2.11. The molecule has 0 spiro atoms. The molecule has 0 saturated heterocycles. The van der Waals surface area contributed by atoms with Crippen molar-refractivity contribution in [1.82, 2.24) is 15.5 Å². The van der Waals surface area contributed by atoms with Crippen LogP contribution >= 0.6 is 24.0 Å². The highest BCUT2D eigenvalue weighted by atomic mass is 127. The van der Waals surface area contributed by atoms with E-state index in [0.29, 0.717) is 38.4 Å². The van der Waals surface area contributed by atoms with Gasteiger partial charge in [0.1, 0.15) is 9.84 Å². The van der Waals surface area contributed by atoms with Crippen molar-refractivity contribution in [2.45, 2.75) is 39.3 Å². The van der Waals surface area contributed by atoms with E-state index in [2.05, 4.69) is 15.6 Å². The van der Waals surface area contributed by atoms with Crippen LogP contribution in [0.3, 0.4) is 0 Å². The molecule has 1 rings (SSSR count). The van der Waals surface area contributed by atoms with Crippen LogP contribution in [0.15, 0.2) is 35.3 Å². The molecule has 1 aromatic rings. The molecule has 0 saturated carbocycles. The second-order valence-corrected chi connectivity index (χ2v) is 8.97. The number of rotatable bonds is 10. The third-order valence-electron chi connectivity index (χ3n) is 3.93. The van der Waals surface area contributed by atoms with Gasteiger partial charge in [-0.1, -0.05) is 30.3 Å². The van der Waals surface area contributed by atoms with E-state index in [-0.39, 0.29) is 41.7 Å². The fourth-order valence-electron chi connectivity index (χ4n) is 2.42. The van der Waals surface area contributed by atoms with Crippen molar-refractivity contribution < 1.29 is 13.2 Å². The van der Waals surface area contributed by atoms with Crippen molar-refractivity contribution >= 4 is 45.7 Å². The summed E-state index contributed by atoms with van der Waals surface area (Å²) < 4.78 is 22.5. The van der Waals surface area contributed by atoms with Crippen LogP contribution in [-0.4, -0.2) is 63.4 Å². The minimum atomic E-state index is -2.98. The largest absolute Gasteiger partial charge is 0.357 e. The van der Waals surface area contributed by atoms with Gasteiger partial charge in [-0.25, -0.2) is 8.42 Å². The Morgan fingerprint density at radius 3 is 2.46 bits per heavy atom. The number of hydrogen-bond donors (Lipinski definition) is 2. The fourth-order valence-corrected chi connectivity index (χ4v) is 3.20. The van der Waals surface area contributed by atoms with E-state index in [9.17, 15) is 13.2 Å². The number of sulfone groups is 1. The first-order valence-electron chi connectivity index (χ1n) is 9.21. The highest BCUT2D eigenvalue weighted by molar-refractivity contribution is 14.0. The number of benzene rings is 1. The Hall–Kier alpha value is -1.36. The zero-order valence-corrected chi connectivity index (χ0v) is 20.3. The highest BCUT2D eigenvalue weighted by Crippen LogP contribution is 2.04. The second kappa shape index (κ2) is 13.8. The summed E-state index contributed by atoms with van der Waals surface area (Å²) in [5.41, 5.74) is 1.09. The van der Waals surface area contributed by atoms with Gasteiger partial charge in [0.05, 0.1) is 12.3 Å². The number of halogens is 1. The third-order valence-corrected chi connectivity index (χ3v) is 4.91. The van der Waals surface area contributed by atoms with Crippen LogP contribution in [0.1, 0.15) is 32.3 Å². The van der Waals surface area contributed by atoms with Gasteiger partial charge in [-0.2, -0.15) is 0 Å². The maximum Gasteiger partial charge on any atom is 0.224 e.